The zero-order valence-electron chi connectivity index (χ0n) is 22.7. The van der Waals surface area contributed by atoms with Crippen LogP contribution in [0.5, 0.6) is 0 Å². The predicted molar refractivity (Wildman–Crippen MR) is 139 cm³/mol. The highest BCUT2D eigenvalue weighted by atomic mass is 16.5. The first-order valence-electron chi connectivity index (χ1n) is 14.2. The van der Waals surface area contributed by atoms with E-state index in [1.54, 1.807) is 6.92 Å². The molecule has 0 aliphatic heterocycles. The maximum absolute atomic E-state index is 12.6. The molecular weight excluding hydrogens is 420 g/mol. The summed E-state index contributed by atoms with van der Waals surface area (Å²) in [6, 6.07) is 0. The third kappa shape index (κ3) is 4.44. The third-order valence-corrected chi connectivity index (χ3v) is 10.9. The second kappa shape index (κ2) is 9.75. The van der Waals surface area contributed by atoms with Gasteiger partial charge in [-0.2, -0.15) is 0 Å². The Hall–Kier alpha value is -1.09. The molecule has 4 aliphatic rings. The van der Waals surface area contributed by atoms with Crippen molar-refractivity contribution < 1.29 is 14.6 Å². The number of aliphatic hydroxyl groups excluding tert-OH is 1. The average Bonchev–Trinajstić information content (AvgIpc) is 3.11. The molecule has 34 heavy (non-hydrogen) atoms. The fourth-order valence-corrected chi connectivity index (χ4v) is 9.10. The van der Waals surface area contributed by atoms with Crippen molar-refractivity contribution in [1.82, 2.24) is 0 Å². The van der Waals surface area contributed by atoms with Gasteiger partial charge in [-0.1, -0.05) is 72.1 Å². The second-order valence-corrected chi connectivity index (χ2v) is 13.4. The van der Waals surface area contributed by atoms with E-state index in [4.69, 9.17) is 4.74 Å². The van der Waals surface area contributed by atoms with Crippen LogP contribution in [0.2, 0.25) is 0 Å². The summed E-state index contributed by atoms with van der Waals surface area (Å²) in [5, 5.41) is 10.6. The van der Waals surface area contributed by atoms with E-state index in [1.807, 2.05) is 0 Å². The van der Waals surface area contributed by atoms with Gasteiger partial charge in [0.2, 0.25) is 0 Å². The van der Waals surface area contributed by atoms with Gasteiger partial charge in [0.15, 0.2) is 0 Å². The minimum atomic E-state index is -0.421. The maximum atomic E-state index is 12.6. The van der Waals surface area contributed by atoms with Crippen LogP contribution in [0.3, 0.4) is 0 Å². The second-order valence-electron chi connectivity index (χ2n) is 13.4. The highest BCUT2D eigenvalue weighted by Gasteiger charge is 2.61. The number of rotatable bonds is 7. The lowest BCUT2D eigenvalue weighted by Crippen LogP contribution is -2.56. The van der Waals surface area contributed by atoms with Crippen LogP contribution in [0.25, 0.3) is 0 Å². The molecule has 192 valence electrons. The zero-order chi connectivity index (χ0) is 24.8. The van der Waals surface area contributed by atoms with Gasteiger partial charge in [-0.05, 0) is 86.4 Å². The van der Waals surface area contributed by atoms with Gasteiger partial charge in [0, 0.05) is 17.4 Å². The van der Waals surface area contributed by atoms with Crippen LogP contribution in [0, 0.1) is 46.3 Å². The van der Waals surface area contributed by atoms with Crippen molar-refractivity contribution >= 4 is 5.97 Å². The Morgan fingerprint density at radius 3 is 2.59 bits per heavy atom. The molecule has 3 saturated carbocycles. The van der Waals surface area contributed by atoms with E-state index in [-0.39, 0.29) is 17.5 Å². The topological polar surface area (TPSA) is 46.5 Å². The highest BCUT2D eigenvalue weighted by Crippen LogP contribution is 2.67. The summed E-state index contributed by atoms with van der Waals surface area (Å²) < 4.78 is 6.06. The van der Waals surface area contributed by atoms with Crippen molar-refractivity contribution in [2.75, 3.05) is 0 Å². The molecule has 1 unspecified atom stereocenters. The van der Waals surface area contributed by atoms with Crippen molar-refractivity contribution in [3.05, 3.63) is 23.8 Å². The van der Waals surface area contributed by atoms with Crippen molar-refractivity contribution in [3.63, 3.8) is 0 Å². The number of carbonyl (C=O) groups is 1. The van der Waals surface area contributed by atoms with Crippen LogP contribution < -0.4 is 0 Å². The Morgan fingerprint density at radius 1 is 1.18 bits per heavy atom. The molecule has 4 aliphatic carbocycles. The minimum Gasteiger partial charge on any atom is -0.458 e. The number of aliphatic hydroxyl groups is 1. The van der Waals surface area contributed by atoms with Crippen LogP contribution in [0.4, 0.5) is 0 Å². The van der Waals surface area contributed by atoms with Crippen LogP contribution in [-0.2, 0) is 9.53 Å². The first-order chi connectivity index (χ1) is 16.0. The smallest absolute Gasteiger partial charge is 0.333 e. The zero-order valence-corrected chi connectivity index (χ0v) is 22.7. The van der Waals surface area contributed by atoms with Crippen molar-refractivity contribution in [2.24, 2.45) is 46.3 Å². The molecular formula is C31H50O3. The lowest BCUT2D eigenvalue weighted by Gasteiger charge is -2.60. The first kappa shape index (κ1) is 26.0. The molecule has 0 heterocycles. The predicted octanol–water partition coefficient (Wildman–Crippen LogP) is 7.49. The molecule has 0 amide bonds. The fraction of sp³-hybridized carbons (Fsp3) is 0.839. The molecule has 0 saturated heterocycles. The van der Waals surface area contributed by atoms with Crippen LogP contribution in [-0.4, -0.2) is 23.3 Å². The lowest BCUT2D eigenvalue weighted by molar-refractivity contribution is -0.164. The summed E-state index contributed by atoms with van der Waals surface area (Å²) in [5.74, 6) is 4.12. The van der Waals surface area contributed by atoms with Gasteiger partial charge >= 0.3 is 5.97 Å². The van der Waals surface area contributed by atoms with Gasteiger partial charge in [0.25, 0.3) is 0 Å². The number of carbonyl (C=O) groups excluding carboxylic acids is 1. The number of ether oxygens (including phenoxy) is 1. The molecule has 0 spiro atoms. The molecule has 0 aromatic rings. The minimum absolute atomic E-state index is 0.157. The largest absolute Gasteiger partial charge is 0.458 e. The van der Waals surface area contributed by atoms with E-state index in [0.29, 0.717) is 29.2 Å². The van der Waals surface area contributed by atoms with Gasteiger partial charge < -0.3 is 9.84 Å². The molecule has 3 nitrogen and oxygen atoms in total. The highest BCUT2D eigenvalue weighted by molar-refractivity contribution is 5.87. The summed E-state index contributed by atoms with van der Waals surface area (Å²) in [6.07, 6.45) is 13.5. The number of hydrogen-bond acceptors (Lipinski definition) is 3. The Bertz CT molecular complexity index is 811. The Morgan fingerprint density at radius 2 is 1.91 bits per heavy atom. The lowest BCUT2D eigenvalue weighted by atomic mass is 9.46. The number of fused-ring (bicyclic) bond motifs is 5. The first-order valence-corrected chi connectivity index (χ1v) is 14.2. The molecule has 0 aromatic carbocycles. The Balaban J connectivity index is 1.56. The molecule has 1 N–H and O–H groups in total. The van der Waals surface area contributed by atoms with Crippen molar-refractivity contribution in [3.8, 4) is 0 Å². The van der Waals surface area contributed by atoms with E-state index in [2.05, 4.69) is 47.3 Å². The molecule has 3 heteroatoms. The number of allylic oxidation sites excluding steroid dienone is 1. The van der Waals surface area contributed by atoms with E-state index in [0.717, 1.165) is 36.5 Å². The van der Waals surface area contributed by atoms with Gasteiger partial charge in [0.05, 0.1) is 6.10 Å². The number of esters is 1. The fourth-order valence-electron chi connectivity index (χ4n) is 9.10. The van der Waals surface area contributed by atoms with E-state index in [9.17, 15) is 9.90 Å². The molecule has 0 bridgehead atoms. The SMILES string of the molecule is C=C(C)C(=O)OC1C[C@H](O)CC2=CC[C@H]3[C@@H]4CC[C@H]([C@H](C)CCCC(C)C)[C@@]4(C)CC[C@@H]3[C@]21C. The van der Waals surface area contributed by atoms with Gasteiger partial charge in [0.1, 0.15) is 6.10 Å². The van der Waals surface area contributed by atoms with Crippen LogP contribution in [0.15, 0.2) is 23.8 Å². The maximum Gasteiger partial charge on any atom is 0.333 e. The van der Waals surface area contributed by atoms with E-state index in [1.165, 1.54) is 50.5 Å². The average molecular weight is 471 g/mol. The summed E-state index contributed by atoms with van der Waals surface area (Å²) in [6.45, 7) is 17.7. The van der Waals surface area contributed by atoms with Gasteiger partial charge in [-0.15, -0.1) is 0 Å². The molecule has 0 radical (unpaired) electrons. The Kier molecular flexibility index (Phi) is 7.45. The van der Waals surface area contributed by atoms with E-state index >= 15 is 0 Å². The molecule has 3 fully saturated rings. The Labute approximate surface area is 208 Å². The number of hydrogen-bond donors (Lipinski definition) is 1. The summed E-state index contributed by atoms with van der Waals surface area (Å²) in [7, 11) is 0. The third-order valence-electron chi connectivity index (χ3n) is 10.9. The van der Waals surface area contributed by atoms with Crippen LogP contribution >= 0.6 is 0 Å². The summed E-state index contributed by atoms with van der Waals surface area (Å²) >= 11 is 0. The summed E-state index contributed by atoms with van der Waals surface area (Å²) in [5.41, 5.74) is 2.07. The van der Waals surface area contributed by atoms with Crippen molar-refractivity contribution in [1.29, 1.82) is 0 Å². The molecule has 9 atom stereocenters. The standard InChI is InChI=1S/C31H50O3/c1-19(2)9-8-10-21(5)25-13-14-26-24-12-11-22-17-23(32)18-28(34-29(33)20(3)4)31(22,7)27(24)15-16-30(25,26)6/h11,19,21,23-28,32H,3,8-10,12-18H2,1-2,4-7H3/t21-,23-,24+,25-,26+,27+,28?,30-,31+/m1/s1. The van der Waals surface area contributed by atoms with Crippen LogP contribution in [0.1, 0.15) is 106 Å². The quantitative estimate of drug-likeness (QED) is 0.238. The van der Waals surface area contributed by atoms with Gasteiger partial charge in [-0.3, -0.25) is 0 Å². The molecule has 4 rings (SSSR count). The van der Waals surface area contributed by atoms with E-state index < -0.39 is 6.10 Å². The normalized spacial score (nSPS) is 42.3. The monoisotopic (exact) mass is 470 g/mol. The van der Waals surface area contributed by atoms with Gasteiger partial charge in [-0.25, -0.2) is 4.79 Å². The van der Waals surface area contributed by atoms with Crippen molar-refractivity contribution in [2.45, 2.75) is 118 Å². The molecule has 0 aromatic heterocycles. The summed E-state index contributed by atoms with van der Waals surface area (Å²) in [4.78, 5) is 12.6.